The summed E-state index contributed by atoms with van der Waals surface area (Å²) in [6, 6.07) is 14.2. The average Bonchev–Trinajstić information content (AvgIpc) is 3.16. The number of carbonyl (C=O) groups is 1. The van der Waals surface area contributed by atoms with E-state index in [1.165, 1.54) is 28.6 Å². The molecule has 6 nitrogen and oxygen atoms in total. The Morgan fingerprint density at radius 3 is 2.36 bits per heavy atom. The van der Waals surface area contributed by atoms with Crippen molar-refractivity contribution in [1.82, 2.24) is 4.31 Å². The Labute approximate surface area is 169 Å². The number of nitrogens with two attached hydrogens (primary N) is 1. The molecule has 0 heterocycles. The molecule has 0 aliphatic heterocycles. The second-order valence-electron chi connectivity index (χ2n) is 6.82. The topological polar surface area (TPSA) is 104 Å². The fourth-order valence-electron chi connectivity index (χ4n) is 3.60. The van der Waals surface area contributed by atoms with Gasteiger partial charge in [-0.15, -0.1) is 0 Å². The number of nitrogens with zero attached hydrogens (tertiary/aromatic N) is 2. The van der Waals surface area contributed by atoms with Crippen LogP contribution < -0.4 is 5.73 Å². The van der Waals surface area contributed by atoms with Gasteiger partial charge in [-0.2, -0.15) is 9.57 Å². The van der Waals surface area contributed by atoms with Gasteiger partial charge < -0.3 is 5.73 Å². The zero-order valence-electron chi connectivity index (χ0n) is 15.1. The van der Waals surface area contributed by atoms with Gasteiger partial charge in [-0.25, -0.2) is 8.42 Å². The van der Waals surface area contributed by atoms with Crippen molar-refractivity contribution in [3.8, 4) is 6.07 Å². The summed E-state index contributed by atoms with van der Waals surface area (Å²) in [5, 5.41) is 9.40. The maximum atomic E-state index is 13.4. The molecule has 1 saturated carbocycles. The lowest BCUT2D eigenvalue weighted by atomic mass is 10.0. The number of carbonyl (C=O) groups excluding carboxylic acids is 1. The number of amides is 1. The summed E-state index contributed by atoms with van der Waals surface area (Å²) in [7, 11) is -3.88. The molecule has 146 valence electrons. The molecule has 1 aliphatic rings. The molecule has 0 aromatic heterocycles. The highest BCUT2D eigenvalue weighted by Gasteiger charge is 2.41. The molecule has 2 aromatic carbocycles. The van der Waals surface area contributed by atoms with Gasteiger partial charge in [0.25, 0.3) is 0 Å². The first kappa shape index (κ1) is 20.3. The first-order valence-electron chi connectivity index (χ1n) is 8.88. The first-order chi connectivity index (χ1) is 13.3. The highest BCUT2D eigenvalue weighted by Crippen LogP contribution is 2.34. The number of hydrogen-bond acceptors (Lipinski definition) is 4. The minimum Gasteiger partial charge on any atom is -0.369 e. The van der Waals surface area contributed by atoms with Crippen molar-refractivity contribution in [3.63, 3.8) is 0 Å². The van der Waals surface area contributed by atoms with Crippen LogP contribution in [-0.4, -0.2) is 24.7 Å². The first-order valence-corrected chi connectivity index (χ1v) is 10.7. The van der Waals surface area contributed by atoms with Crippen LogP contribution in [0.15, 0.2) is 53.4 Å². The lowest BCUT2D eigenvalue weighted by molar-refractivity contribution is -0.122. The van der Waals surface area contributed by atoms with Crippen LogP contribution in [0, 0.1) is 17.2 Å². The summed E-state index contributed by atoms with van der Waals surface area (Å²) in [4.78, 5) is 12.0. The summed E-state index contributed by atoms with van der Waals surface area (Å²) in [6.45, 7) is 0.0884. The Bertz CT molecular complexity index is 998. The molecule has 1 aliphatic carbocycles. The Morgan fingerprint density at radius 2 is 1.79 bits per heavy atom. The summed E-state index contributed by atoms with van der Waals surface area (Å²) < 4.78 is 28.2. The maximum Gasteiger partial charge on any atom is 0.243 e. The number of rotatable bonds is 6. The minimum atomic E-state index is -3.88. The summed E-state index contributed by atoms with van der Waals surface area (Å²) in [5.41, 5.74) is 6.77. The van der Waals surface area contributed by atoms with Gasteiger partial charge in [0.2, 0.25) is 15.9 Å². The van der Waals surface area contributed by atoms with Gasteiger partial charge >= 0.3 is 0 Å². The van der Waals surface area contributed by atoms with Crippen molar-refractivity contribution in [2.45, 2.75) is 36.7 Å². The van der Waals surface area contributed by atoms with Gasteiger partial charge in [-0.05, 0) is 54.8 Å². The summed E-state index contributed by atoms with van der Waals surface area (Å²) in [6.07, 6.45) is 1.87. The van der Waals surface area contributed by atoms with Gasteiger partial charge in [-0.3, -0.25) is 4.79 Å². The normalized spacial score (nSPS) is 19.5. The number of nitriles is 1. The Morgan fingerprint density at radius 1 is 1.14 bits per heavy atom. The second-order valence-corrected chi connectivity index (χ2v) is 9.15. The number of sulfonamides is 1. The zero-order chi connectivity index (χ0) is 20.3. The average molecular weight is 418 g/mol. The molecule has 1 amide bonds. The third-order valence-corrected chi connectivity index (χ3v) is 7.19. The van der Waals surface area contributed by atoms with Gasteiger partial charge in [0, 0.05) is 17.6 Å². The van der Waals surface area contributed by atoms with Crippen molar-refractivity contribution in [2.24, 2.45) is 11.7 Å². The smallest absolute Gasteiger partial charge is 0.243 e. The molecule has 8 heteroatoms. The fraction of sp³-hybridized carbons (Fsp3) is 0.300. The van der Waals surface area contributed by atoms with Crippen LogP contribution in [0.3, 0.4) is 0 Å². The SMILES string of the molecule is N#Cc1ccc(CN([C@@H]2CCC[C@@H]2C(N)=O)S(=O)(=O)c2ccc(Cl)cc2)cc1. The highest BCUT2D eigenvalue weighted by molar-refractivity contribution is 7.89. The van der Waals surface area contributed by atoms with Crippen molar-refractivity contribution >= 4 is 27.5 Å². The molecule has 28 heavy (non-hydrogen) atoms. The summed E-state index contributed by atoms with van der Waals surface area (Å²) in [5.74, 6) is -1.01. The van der Waals surface area contributed by atoms with Crippen molar-refractivity contribution < 1.29 is 13.2 Å². The third-order valence-electron chi connectivity index (χ3n) is 5.06. The van der Waals surface area contributed by atoms with Gasteiger partial charge in [0.1, 0.15) is 0 Å². The van der Waals surface area contributed by atoms with E-state index in [9.17, 15) is 13.2 Å². The number of hydrogen-bond donors (Lipinski definition) is 1. The quantitative estimate of drug-likeness (QED) is 0.779. The van der Waals surface area contributed by atoms with E-state index in [4.69, 9.17) is 22.6 Å². The minimum absolute atomic E-state index is 0.0884. The van der Waals surface area contributed by atoms with Crippen LogP contribution in [0.4, 0.5) is 0 Å². The third kappa shape index (κ3) is 4.20. The molecule has 2 N–H and O–H groups in total. The Balaban J connectivity index is 2.01. The second kappa shape index (κ2) is 8.31. The lowest BCUT2D eigenvalue weighted by Crippen LogP contribution is -2.45. The van der Waals surface area contributed by atoms with Crippen LogP contribution in [0.2, 0.25) is 5.02 Å². The van der Waals surface area contributed by atoms with Crippen LogP contribution in [0.1, 0.15) is 30.4 Å². The van der Waals surface area contributed by atoms with Crippen LogP contribution in [-0.2, 0) is 21.4 Å². The molecule has 0 radical (unpaired) electrons. The van der Waals surface area contributed by atoms with Gasteiger partial charge in [0.15, 0.2) is 0 Å². The van der Waals surface area contributed by atoms with E-state index in [2.05, 4.69) is 0 Å². The molecule has 3 rings (SSSR count). The predicted molar refractivity (Wildman–Crippen MR) is 106 cm³/mol. The molecule has 1 fully saturated rings. The van der Waals surface area contributed by atoms with Crippen molar-refractivity contribution in [2.75, 3.05) is 0 Å². The Kier molecular flexibility index (Phi) is 6.04. The Hall–Kier alpha value is -2.40. The highest BCUT2D eigenvalue weighted by atomic mass is 35.5. The van der Waals surface area contributed by atoms with Crippen molar-refractivity contribution in [3.05, 3.63) is 64.7 Å². The van der Waals surface area contributed by atoms with E-state index in [-0.39, 0.29) is 11.4 Å². The lowest BCUT2D eigenvalue weighted by Gasteiger charge is -2.31. The van der Waals surface area contributed by atoms with Crippen LogP contribution in [0.5, 0.6) is 0 Å². The summed E-state index contributed by atoms with van der Waals surface area (Å²) >= 11 is 5.90. The molecular formula is C20H20ClN3O3S. The monoisotopic (exact) mass is 417 g/mol. The van der Waals surface area contributed by atoms with E-state index >= 15 is 0 Å². The van der Waals surface area contributed by atoms with Crippen LogP contribution in [0.25, 0.3) is 0 Å². The fourth-order valence-corrected chi connectivity index (χ4v) is 5.41. The number of primary amides is 1. The van der Waals surface area contributed by atoms with Gasteiger partial charge in [-0.1, -0.05) is 30.2 Å². The van der Waals surface area contributed by atoms with Crippen LogP contribution >= 0.6 is 11.6 Å². The predicted octanol–water partition coefficient (Wildman–Crippen LogP) is 3.06. The van der Waals surface area contributed by atoms with Gasteiger partial charge in [0.05, 0.1) is 22.4 Å². The number of benzene rings is 2. The van der Waals surface area contributed by atoms with E-state index < -0.39 is 27.9 Å². The maximum absolute atomic E-state index is 13.4. The standard InChI is InChI=1S/C20H20ClN3O3S/c21-16-8-10-17(11-9-16)28(26,27)24(19-3-1-2-18(19)20(23)25)13-15-6-4-14(12-22)5-7-15/h4-11,18-19H,1-3,13H2,(H2,23,25)/t18-,19+/m0/s1. The molecule has 0 bridgehead atoms. The molecular weight excluding hydrogens is 398 g/mol. The molecule has 2 aromatic rings. The number of halogens is 1. The van der Waals surface area contributed by atoms with E-state index in [1.807, 2.05) is 6.07 Å². The molecule has 2 atom stereocenters. The van der Waals surface area contributed by atoms with E-state index in [0.29, 0.717) is 23.4 Å². The molecule has 0 unspecified atom stereocenters. The largest absolute Gasteiger partial charge is 0.369 e. The van der Waals surface area contributed by atoms with E-state index in [1.54, 1.807) is 24.3 Å². The molecule has 0 saturated heterocycles. The molecule has 0 spiro atoms. The zero-order valence-corrected chi connectivity index (χ0v) is 16.7. The van der Waals surface area contributed by atoms with E-state index in [0.717, 1.165) is 12.0 Å². The van der Waals surface area contributed by atoms with Crippen molar-refractivity contribution in [1.29, 1.82) is 5.26 Å².